The van der Waals surface area contributed by atoms with Crippen LogP contribution >= 0.6 is 0 Å². The fraction of sp³-hybridized carbons (Fsp3) is 0.148. The predicted octanol–water partition coefficient (Wildman–Crippen LogP) is 6.28. The van der Waals surface area contributed by atoms with Crippen LogP contribution in [0.4, 0.5) is 13.2 Å². The zero-order chi connectivity index (χ0) is 23.4. The average Bonchev–Trinajstić information content (AvgIpc) is 3.11. The van der Waals surface area contributed by atoms with Gasteiger partial charge in [-0.2, -0.15) is 13.2 Å². The Balaban J connectivity index is 1.90. The summed E-state index contributed by atoms with van der Waals surface area (Å²) < 4.78 is 46.7. The Morgan fingerprint density at radius 1 is 0.939 bits per heavy atom. The third-order valence-corrected chi connectivity index (χ3v) is 5.14. The Hall–Kier alpha value is -3.98. The summed E-state index contributed by atoms with van der Waals surface area (Å²) in [4.78, 5) is 13.0. The third kappa shape index (κ3) is 4.78. The van der Waals surface area contributed by atoms with Crippen molar-refractivity contribution in [2.75, 3.05) is 6.61 Å². The lowest BCUT2D eigenvalue weighted by Gasteiger charge is -2.13. The highest BCUT2D eigenvalue weighted by Gasteiger charge is 2.30. The van der Waals surface area contributed by atoms with Crippen LogP contribution in [0.5, 0.6) is 0 Å². The minimum atomic E-state index is -4.45. The minimum Gasteiger partial charge on any atom is -0.461 e. The van der Waals surface area contributed by atoms with Crippen molar-refractivity contribution in [2.45, 2.75) is 19.6 Å². The lowest BCUT2D eigenvalue weighted by Crippen LogP contribution is -2.15. The first-order chi connectivity index (χ1) is 15.9. The minimum absolute atomic E-state index is 0.0611. The van der Waals surface area contributed by atoms with E-state index in [0.29, 0.717) is 16.6 Å². The van der Waals surface area contributed by atoms with Crippen molar-refractivity contribution in [3.8, 4) is 11.8 Å². The standard InChI is InChI=1S/C27H20F3NO2/c1-2-33-26(32)25-23(16-15-19-9-4-3-5-10-19)22-13-6-7-14-24(22)31(25)18-20-11-8-12-21(17-20)27(28,29)30/h3-14,17H,2,18H2,1H3. The van der Waals surface area contributed by atoms with Crippen LogP contribution in [-0.4, -0.2) is 17.1 Å². The van der Waals surface area contributed by atoms with Crippen LogP contribution in [-0.2, 0) is 17.5 Å². The Bertz CT molecular complexity index is 1360. The van der Waals surface area contributed by atoms with E-state index >= 15 is 0 Å². The van der Waals surface area contributed by atoms with Gasteiger partial charge in [-0.05, 0) is 42.8 Å². The molecular weight excluding hydrogens is 427 g/mol. The molecule has 0 spiro atoms. The van der Waals surface area contributed by atoms with Gasteiger partial charge in [-0.25, -0.2) is 4.79 Å². The van der Waals surface area contributed by atoms with Crippen LogP contribution in [0.3, 0.4) is 0 Å². The Morgan fingerprint density at radius 3 is 2.39 bits per heavy atom. The molecule has 3 aromatic carbocycles. The molecule has 0 bridgehead atoms. The maximum absolute atomic E-state index is 13.2. The van der Waals surface area contributed by atoms with Gasteiger partial charge in [-0.3, -0.25) is 0 Å². The number of fused-ring (bicyclic) bond motifs is 1. The number of hydrogen-bond donors (Lipinski definition) is 0. The highest BCUT2D eigenvalue weighted by molar-refractivity contribution is 6.01. The van der Waals surface area contributed by atoms with Crippen molar-refractivity contribution in [3.05, 3.63) is 107 Å². The van der Waals surface area contributed by atoms with Crippen molar-refractivity contribution in [1.29, 1.82) is 0 Å². The SMILES string of the molecule is CCOC(=O)c1c(C#Cc2ccccc2)c2ccccc2n1Cc1cccc(C(F)(F)F)c1. The van der Waals surface area contributed by atoms with Gasteiger partial charge in [-0.1, -0.05) is 60.4 Å². The van der Waals surface area contributed by atoms with Gasteiger partial charge in [0.2, 0.25) is 0 Å². The normalized spacial score (nSPS) is 11.2. The summed E-state index contributed by atoms with van der Waals surface area (Å²) in [7, 11) is 0. The van der Waals surface area contributed by atoms with Crippen LogP contribution in [0.2, 0.25) is 0 Å². The number of benzene rings is 3. The number of aromatic nitrogens is 1. The van der Waals surface area contributed by atoms with Crippen molar-refractivity contribution in [3.63, 3.8) is 0 Å². The molecule has 4 rings (SSSR count). The molecule has 0 aliphatic heterocycles. The van der Waals surface area contributed by atoms with E-state index in [9.17, 15) is 18.0 Å². The lowest BCUT2D eigenvalue weighted by atomic mass is 10.1. The quantitative estimate of drug-likeness (QED) is 0.272. The largest absolute Gasteiger partial charge is 0.461 e. The number of ether oxygens (including phenoxy) is 1. The molecule has 0 atom stereocenters. The van der Waals surface area contributed by atoms with E-state index in [0.717, 1.165) is 23.1 Å². The van der Waals surface area contributed by atoms with Gasteiger partial charge < -0.3 is 9.30 Å². The summed E-state index contributed by atoms with van der Waals surface area (Å²) in [5.74, 6) is 5.61. The second kappa shape index (κ2) is 9.25. The van der Waals surface area contributed by atoms with Gasteiger partial charge in [0, 0.05) is 17.5 Å². The van der Waals surface area contributed by atoms with E-state index in [4.69, 9.17) is 4.74 Å². The van der Waals surface area contributed by atoms with Crippen molar-refractivity contribution >= 4 is 16.9 Å². The first-order valence-corrected chi connectivity index (χ1v) is 10.4. The number of nitrogens with zero attached hydrogens (tertiary/aromatic N) is 1. The molecule has 0 saturated heterocycles. The van der Waals surface area contributed by atoms with Gasteiger partial charge in [-0.15, -0.1) is 0 Å². The molecule has 166 valence electrons. The van der Waals surface area contributed by atoms with Crippen molar-refractivity contribution in [2.24, 2.45) is 0 Å². The maximum atomic E-state index is 13.2. The fourth-order valence-electron chi connectivity index (χ4n) is 3.69. The number of carbonyl (C=O) groups excluding carboxylic acids is 1. The summed E-state index contributed by atoms with van der Waals surface area (Å²) in [6.07, 6.45) is -4.45. The van der Waals surface area contributed by atoms with E-state index in [1.807, 2.05) is 54.6 Å². The molecule has 0 radical (unpaired) electrons. The lowest BCUT2D eigenvalue weighted by molar-refractivity contribution is -0.137. The summed E-state index contributed by atoms with van der Waals surface area (Å²) in [6, 6.07) is 21.7. The number of hydrogen-bond acceptors (Lipinski definition) is 2. The molecule has 0 fully saturated rings. The van der Waals surface area contributed by atoms with Crippen LogP contribution in [0.1, 0.15) is 39.7 Å². The molecular formula is C27H20F3NO2. The third-order valence-electron chi connectivity index (χ3n) is 5.14. The highest BCUT2D eigenvalue weighted by Crippen LogP contribution is 2.31. The number of halogens is 3. The second-order valence-corrected chi connectivity index (χ2v) is 7.36. The monoisotopic (exact) mass is 447 g/mol. The van der Waals surface area contributed by atoms with Gasteiger partial charge in [0.15, 0.2) is 0 Å². The Morgan fingerprint density at radius 2 is 1.67 bits per heavy atom. The van der Waals surface area contributed by atoms with Crippen LogP contribution in [0.15, 0.2) is 78.9 Å². The first-order valence-electron chi connectivity index (χ1n) is 10.4. The molecule has 1 aromatic heterocycles. The smallest absolute Gasteiger partial charge is 0.416 e. The Kier molecular flexibility index (Phi) is 6.23. The number of carbonyl (C=O) groups is 1. The molecule has 0 unspecified atom stereocenters. The van der Waals surface area contributed by atoms with Crippen LogP contribution in [0.25, 0.3) is 10.9 Å². The number of para-hydroxylation sites is 1. The summed E-state index contributed by atoms with van der Waals surface area (Å²) in [5, 5.41) is 0.732. The van der Waals surface area contributed by atoms with Crippen molar-refractivity contribution < 1.29 is 22.7 Å². The van der Waals surface area contributed by atoms with Gasteiger partial charge in [0.1, 0.15) is 5.69 Å². The van der Waals surface area contributed by atoms with E-state index in [-0.39, 0.29) is 18.8 Å². The van der Waals surface area contributed by atoms with Gasteiger partial charge >= 0.3 is 12.1 Å². The Labute approximate surface area is 189 Å². The zero-order valence-electron chi connectivity index (χ0n) is 17.8. The molecule has 0 N–H and O–H groups in total. The molecule has 33 heavy (non-hydrogen) atoms. The number of rotatable bonds is 4. The van der Waals surface area contributed by atoms with E-state index in [1.54, 1.807) is 17.6 Å². The van der Waals surface area contributed by atoms with Crippen molar-refractivity contribution in [1.82, 2.24) is 4.57 Å². The zero-order valence-corrected chi connectivity index (χ0v) is 17.8. The number of esters is 1. The first kappa shape index (κ1) is 22.2. The molecule has 3 nitrogen and oxygen atoms in total. The molecule has 0 saturated carbocycles. The van der Waals surface area contributed by atoms with E-state index < -0.39 is 17.7 Å². The molecule has 4 aromatic rings. The topological polar surface area (TPSA) is 31.2 Å². The van der Waals surface area contributed by atoms with E-state index in [2.05, 4.69) is 11.8 Å². The van der Waals surface area contributed by atoms with Crippen LogP contribution in [0, 0.1) is 11.8 Å². The maximum Gasteiger partial charge on any atom is 0.416 e. The van der Waals surface area contributed by atoms with Gasteiger partial charge in [0.25, 0.3) is 0 Å². The highest BCUT2D eigenvalue weighted by atomic mass is 19.4. The fourth-order valence-corrected chi connectivity index (χ4v) is 3.69. The predicted molar refractivity (Wildman–Crippen MR) is 121 cm³/mol. The molecule has 1 heterocycles. The van der Waals surface area contributed by atoms with Crippen LogP contribution < -0.4 is 0 Å². The average molecular weight is 447 g/mol. The molecule has 6 heteroatoms. The molecule has 0 aliphatic rings. The molecule has 0 amide bonds. The molecule has 0 aliphatic carbocycles. The van der Waals surface area contributed by atoms with E-state index in [1.165, 1.54) is 6.07 Å². The summed E-state index contributed by atoms with van der Waals surface area (Å²) in [5.41, 5.74) is 1.85. The number of alkyl halides is 3. The second-order valence-electron chi connectivity index (χ2n) is 7.36. The van der Waals surface area contributed by atoms with Gasteiger partial charge in [0.05, 0.1) is 23.3 Å². The summed E-state index contributed by atoms with van der Waals surface area (Å²) in [6.45, 7) is 1.92. The summed E-state index contributed by atoms with van der Waals surface area (Å²) >= 11 is 0.